The maximum Gasteiger partial charge on any atom is 0.245 e. The fourth-order valence-electron chi connectivity index (χ4n) is 2.74. The standard InChI is InChI=1S/C19H18ClN3O3/c1-26-17-4-2-3-13(9-17)11-21-22-19(25)14-10-18(24)23(12-14)16-7-5-15(20)6-8-16/h2-9,11,14H,10,12H2,1H3,(H,22,25). The van der Waals surface area contributed by atoms with Crippen LogP contribution in [0.25, 0.3) is 0 Å². The Balaban J connectivity index is 1.59. The molecule has 1 saturated heterocycles. The van der Waals surface area contributed by atoms with Gasteiger partial charge in [-0.05, 0) is 42.0 Å². The van der Waals surface area contributed by atoms with Crippen LogP contribution in [0, 0.1) is 5.92 Å². The van der Waals surface area contributed by atoms with Gasteiger partial charge in [0, 0.05) is 23.7 Å². The Labute approximate surface area is 156 Å². The summed E-state index contributed by atoms with van der Waals surface area (Å²) in [6.45, 7) is 0.320. The molecule has 0 saturated carbocycles. The molecule has 26 heavy (non-hydrogen) atoms. The van der Waals surface area contributed by atoms with Crippen molar-refractivity contribution in [2.45, 2.75) is 6.42 Å². The summed E-state index contributed by atoms with van der Waals surface area (Å²) in [6, 6.07) is 14.3. The van der Waals surface area contributed by atoms with Gasteiger partial charge in [0.2, 0.25) is 11.8 Å². The fourth-order valence-corrected chi connectivity index (χ4v) is 2.86. The van der Waals surface area contributed by atoms with E-state index in [0.29, 0.717) is 17.3 Å². The second-order valence-electron chi connectivity index (χ2n) is 5.89. The Hall–Kier alpha value is -2.86. The number of nitrogens with one attached hydrogen (secondary N) is 1. The van der Waals surface area contributed by atoms with Crippen LogP contribution in [-0.4, -0.2) is 31.7 Å². The molecule has 1 heterocycles. The molecule has 0 bridgehead atoms. The zero-order chi connectivity index (χ0) is 18.5. The average Bonchev–Trinajstić information content (AvgIpc) is 3.04. The van der Waals surface area contributed by atoms with E-state index in [4.69, 9.17) is 16.3 Å². The monoisotopic (exact) mass is 371 g/mol. The van der Waals surface area contributed by atoms with Crippen LogP contribution in [0.4, 0.5) is 5.69 Å². The van der Waals surface area contributed by atoms with Crippen molar-refractivity contribution in [1.82, 2.24) is 5.43 Å². The predicted molar refractivity (Wildman–Crippen MR) is 101 cm³/mol. The molecule has 1 atom stereocenters. The average molecular weight is 372 g/mol. The minimum Gasteiger partial charge on any atom is -0.497 e. The van der Waals surface area contributed by atoms with Crippen LogP contribution in [0.2, 0.25) is 5.02 Å². The molecule has 0 aliphatic carbocycles. The number of methoxy groups -OCH3 is 1. The SMILES string of the molecule is COc1cccc(C=NNC(=O)C2CC(=O)N(c3ccc(Cl)cc3)C2)c1. The van der Waals surface area contributed by atoms with Crippen LogP contribution in [0.1, 0.15) is 12.0 Å². The smallest absolute Gasteiger partial charge is 0.245 e. The highest BCUT2D eigenvalue weighted by Crippen LogP contribution is 2.26. The van der Waals surface area contributed by atoms with Gasteiger partial charge in [0.25, 0.3) is 0 Å². The maximum atomic E-state index is 12.3. The van der Waals surface area contributed by atoms with Gasteiger partial charge in [-0.1, -0.05) is 23.7 Å². The molecule has 0 aromatic heterocycles. The first-order valence-electron chi connectivity index (χ1n) is 8.09. The Morgan fingerprint density at radius 2 is 2.08 bits per heavy atom. The van der Waals surface area contributed by atoms with E-state index in [2.05, 4.69) is 10.5 Å². The number of rotatable bonds is 5. The first-order valence-corrected chi connectivity index (χ1v) is 8.47. The Morgan fingerprint density at radius 1 is 1.31 bits per heavy atom. The van der Waals surface area contributed by atoms with E-state index in [9.17, 15) is 9.59 Å². The third-order valence-electron chi connectivity index (χ3n) is 4.12. The van der Waals surface area contributed by atoms with E-state index in [1.807, 2.05) is 18.2 Å². The number of hydrazone groups is 1. The summed E-state index contributed by atoms with van der Waals surface area (Å²) < 4.78 is 5.14. The minimum absolute atomic E-state index is 0.0933. The molecular weight excluding hydrogens is 354 g/mol. The van der Waals surface area contributed by atoms with Crippen LogP contribution >= 0.6 is 11.6 Å². The lowest BCUT2D eigenvalue weighted by atomic mass is 10.1. The fraction of sp³-hybridized carbons (Fsp3) is 0.211. The van der Waals surface area contributed by atoms with Crippen molar-refractivity contribution in [2.24, 2.45) is 11.0 Å². The van der Waals surface area contributed by atoms with Gasteiger partial charge in [-0.25, -0.2) is 5.43 Å². The number of hydrogen-bond donors (Lipinski definition) is 1. The van der Waals surface area contributed by atoms with Crippen molar-refractivity contribution in [3.8, 4) is 5.75 Å². The van der Waals surface area contributed by atoms with Gasteiger partial charge in [-0.2, -0.15) is 5.10 Å². The van der Waals surface area contributed by atoms with E-state index in [-0.39, 0.29) is 18.2 Å². The summed E-state index contributed by atoms with van der Waals surface area (Å²) in [5.41, 5.74) is 4.03. The lowest BCUT2D eigenvalue weighted by Gasteiger charge is -2.16. The number of carbonyl (C=O) groups is 2. The van der Waals surface area contributed by atoms with Crippen LogP contribution in [0.3, 0.4) is 0 Å². The zero-order valence-electron chi connectivity index (χ0n) is 14.2. The molecule has 3 rings (SSSR count). The van der Waals surface area contributed by atoms with Crippen molar-refractivity contribution in [3.05, 3.63) is 59.1 Å². The van der Waals surface area contributed by atoms with Gasteiger partial charge >= 0.3 is 0 Å². The lowest BCUT2D eigenvalue weighted by Crippen LogP contribution is -2.30. The van der Waals surface area contributed by atoms with Gasteiger partial charge in [-0.15, -0.1) is 0 Å². The van der Waals surface area contributed by atoms with Crippen molar-refractivity contribution >= 4 is 35.3 Å². The lowest BCUT2D eigenvalue weighted by molar-refractivity contribution is -0.126. The van der Waals surface area contributed by atoms with Gasteiger partial charge in [0.05, 0.1) is 19.2 Å². The molecule has 2 aromatic carbocycles. The summed E-state index contributed by atoms with van der Waals surface area (Å²) >= 11 is 5.87. The first-order chi connectivity index (χ1) is 12.6. The predicted octanol–water partition coefficient (Wildman–Crippen LogP) is 2.85. The Bertz CT molecular complexity index is 836. The normalized spacial score (nSPS) is 16.9. The molecule has 0 radical (unpaired) electrons. The van der Waals surface area contributed by atoms with Crippen LogP contribution < -0.4 is 15.1 Å². The maximum absolute atomic E-state index is 12.3. The third kappa shape index (κ3) is 4.21. The number of hydrogen-bond acceptors (Lipinski definition) is 4. The third-order valence-corrected chi connectivity index (χ3v) is 4.37. The van der Waals surface area contributed by atoms with Crippen LogP contribution in [-0.2, 0) is 9.59 Å². The van der Waals surface area contributed by atoms with Crippen molar-refractivity contribution in [1.29, 1.82) is 0 Å². The topological polar surface area (TPSA) is 71.0 Å². The molecule has 2 amide bonds. The number of nitrogens with zero attached hydrogens (tertiary/aromatic N) is 2. The Kier molecular flexibility index (Phi) is 5.53. The van der Waals surface area contributed by atoms with Crippen molar-refractivity contribution in [3.63, 3.8) is 0 Å². The molecule has 1 aliphatic rings. The highest BCUT2D eigenvalue weighted by Gasteiger charge is 2.35. The first kappa shape index (κ1) is 17.9. The second-order valence-corrected chi connectivity index (χ2v) is 6.33. The van der Waals surface area contributed by atoms with E-state index >= 15 is 0 Å². The Morgan fingerprint density at radius 3 is 2.81 bits per heavy atom. The summed E-state index contributed by atoms with van der Waals surface area (Å²) in [5.74, 6) is -0.112. The molecule has 7 heteroatoms. The number of benzene rings is 2. The quantitative estimate of drug-likeness (QED) is 0.649. The van der Waals surface area contributed by atoms with Gasteiger partial charge < -0.3 is 9.64 Å². The second kappa shape index (κ2) is 8.01. The largest absolute Gasteiger partial charge is 0.497 e. The molecule has 1 unspecified atom stereocenters. The van der Waals surface area contributed by atoms with Gasteiger partial charge in [0.15, 0.2) is 0 Å². The summed E-state index contributed by atoms with van der Waals surface area (Å²) in [4.78, 5) is 26.1. The number of anilines is 1. The molecular formula is C19H18ClN3O3. The molecule has 134 valence electrons. The van der Waals surface area contributed by atoms with Crippen molar-refractivity contribution in [2.75, 3.05) is 18.6 Å². The summed E-state index contributed by atoms with van der Waals surface area (Å²) in [7, 11) is 1.58. The van der Waals surface area contributed by atoms with Crippen LogP contribution in [0.5, 0.6) is 5.75 Å². The van der Waals surface area contributed by atoms with E-state index < -0.39 is 5.92 Å². The van der Waals surface area contributed by atoms with E-state index in [1.54, 1.807) is 42.3 Å². The summed E-state index contributed by atoms with van der Waals surface area (Å²) in [6.07, 6.45) is 1.69. The molecule has 1 aliphatic heterocycles. The van der Waals surface area contributed by atoms with Crippen molar-refractivity contribution < 1.29 is 14.3 Å². The highest BCUT2D eigenvalue weighted by atomic mass is 35.5. The van der Waals surface area contributed by atoms with Gasteiger partial charge in [0.1, 0.15) is 5.75 Å². The van der Waals surface area contributed by atoms with E-state index in [1.165, 1.54) is 6.21 Å². The minimum atomic E-state index is -0.444. The molecule has 0 spiro atoms. The molecule has 6 nitrogen and oxygen atoms in total. The summed E-state index contributed by atoms with van der Waals surface area (Å²) in [5, 5.41) is 4.57. The number of carbonyl (C=O) groups excluding carboxylic acids is 2. The number of ether oxygens (including phenoxy) is 1. The zero-order valence-corrected chi connectivity index (χ0v) is 14.9. The molecule has 1 N–H and O–H groups in total. The van der Waals surface area contributed by atoms with Gasteiger partial charge in [-0.3, -0.25) is 9.59 Å². The van der Waals surface area contributed by atoms with E-state index in [0.717, 1.165) is 11.3 Å². The van der Waals surface area contributed by atoms with Crippen LogP contribution in [0.15, 0.2) is 53.6 Å². The highest BCUT2D eigenvalue weighted by molar-refractivity contribution is 6.30. The molecule has 2 aromatic rings. The molecule has 1 fully saturated rings. The number of amides is 2. The number of halogens is 1.